The summed E-state index contributed by atoms with van der Waals surface area (Å²) in [4.78, 5) is 42.3. The molecule has 1 aromatic heterocycles. The number of amides is 2. The van der Waals surface area contributed by atoms with Crippen molar-refractivity contribution in [1.82, 2.24) is 15.2 Å². The Kier molecular flexibility index (Phi) is 9.34. The van der Waals surface area contributed by atoms with E-state index in [4.69, 9.17) is 0 Å². The van der Waals surface area contributed by atoms with Crippen molar-refractivity contribution in [2.24, 2.45) is 5.92 Å². The lowest BCUT2D eigenvalue weighted by Crippen LogP contribution is -2.50. The van der Waals surface area contributed by atoms with Gasteiger partial charge in [0, 0.05) is 17.4 Å². The molecule has 0 bridgehead atoms. The first-order chi connectivity index (χ1) is 16.0. The van der Waals surface area contributed by atoms with Crippen LogP contribution < -0.4 is 5.32 Å². The van der Waals surface area contributed by atoms with E-state index in [1.807, 2.05) is 31.2 Å². The van der Waals surface area contributed by atoms with Crippen molar-refractivity contribution in [1.29, 1.82) is 0 Å². The highest BCUT2D eigenvalue weighted by molar-refractivity contribution is 6.00. The van der Waals surface area contributed by atoms with Crippen LogP contribution in [0, 0.1) is 5.92 Å². The lowest BCUT2D eigenvalue weighted by molar-refractivity contribution is -0.145. The molecule has 7 nitrogen and oxygen atoms in total. The number of nitrogens with zero attached hydrogens (tertiary/aromatic N) is 1. The second-order valence-electron chi connectivity index (χ2n) is 9.24. The van der Waals surface area contributed by atoms with Crippen LogP contribution in [0.3, 0.4) is 0 Å². The van der Waals surface area contributed by atoms with Crippen molar-refractivity contribution in [2.45, 2.75) is 77.2 Å². The summed E-state index contributed by atoms with van der Waals surface area (Å²) >= 11 is 0. The monoisotopic (exact) mass is 455 g/mol. The Morgan fingerprint density at radius 1 is 1.15 bits per heavy atom. The molecule has 3 N–H and O–H groups in total. The van der Waals surface area contributed by atoms with Gasteiger partial charge in [-0.15, -0.1) is 0 Å². The van der Waals surface area contributed by atoms with Crippen LogP contribution in [0.4, 0.5) is 0 Å². The molecule has 0 aliphatic heterocycles. The molecule has 7 heteroatoms. The number of hydrogen-bond acceptors (Lipinski definition) is 3. The molecule has 1 saturated carbocycles. The zero-order chi connectivity index (χ0) is 23.6. The van der Waals surface area contributed by atoms with E-state index in [-0.39, 0.29) is 18.4 Å². The maximum absolute atomic E-state index is 13.3. The molecule has 1 fully saturated rings. The molecule has 180 valence electrons. The van der Waals surface area contributed by atoms with Crippen molar-refractivity contribution < 1.29 is 19.5 Å². The fourth-order valence-electron chi connectivity index (χ4n) is 4.79. The van der Waals surface area contributed by atoms with Crippen molar-refractivity contribution >= 4 is 28.7 Å². The van der Waals surface area contributed by atoms with E-state index >= 15 is 0 Å². The van der Waals surface area contributed by atoms with Crippen LogP contribution in [0.1, 0.15) is 81.6 Å². The van der Waals surface area contributed by atoms with E-state index in [2.05, 4.69) is 10.3 Å². The summed E-state index contributed by atoms with van der Waals surface area (Å²) in [5, 5.41) is 13.2. The average molecular weight is 456 g/mol. The number of carbonyl (C=O) groups excluding carboxylic acids is 2. The lowest BCUT2D eigenvalue weighted by Gasteiger charge is -2.28. The maximum atomic E-state index is 13.3. The van der Waals surface area contributed by atoms with Crippen molar-refractivity contribution in [3.63, 3.8) is 0 Å². The number of para-hydroxylation sites is 1. The minimum Gasteiger partial charge on any atom is -0.480 e. The van der Waals surface area contributed by atoms with Crippen LogP contribution in [-0.4, -0.2) is 51.9 Å². The molecule has 1 heterocycles. The molecule has 1 atom stereocenters. The van der Waals surface area contributed by atoms with Gasteiger partial charge >= 0.3 is 5.97 Å². The van der Waals surface area contributed by atoms with Gasteiger partial charge in [0.05, 0.1) is 0 Å². The Bertz CT molecular complexity index is 900. The van der Waals surface area contributed by atoms with E-state index in [1.54, 1.807) is 6.07 Å². The molecule has 1 aliphatic rings. The zero-order valence-electron chi connectivity index (χ0n) is 19.6. The van der Waals surface area contributed by atoms with Gasteiger partial charge in [0.1, 0.15) is 18.3 Å². The average Bonchev–Trinajstić information content (AvgIpc) is 3.25. The molecule has 0 radical (unpaired) electrons. The Morgan fingerprint density at radius 2 is 1.91 bits per heavy atom. The number of carboxylic acid groups (broad SMARTS) is 1. The van der Waals surface area contributed by atoms with Crippen LogP contribution in [0.25, 0.3) is 10.9 Å². The van der Waals surface area contributed by atoms with Gasteiger partial charge in [0.15, 0.2) is 0 Å². The second-order valence-corrected chi connectivity index (χ2v) is 9.24. The second kappa shape index (κ2) is 12.4. The number of unbranched alkanes of at least 4 members (excludes halogenated alkanes) is 1. The third-order valence-electron chi connectivity index (χ3n) is 6.63. The van der Waals surface area contributed by atoms with Gasteiger partial charge in [-0.05, 0) is 37.3 Å². The first-order valence-corrected chi connectivity index (χ1v) is 12.4. The summed E-state index contributed by atoms with van der Waals surface area (Å²) in [6.07, 6.45) is 10.2. The number of carboxylic acids is 1. The number of aliphatic carboxylic acids is 1. The summed E-state index contributed by atoms with van der Waals surface area (Å²) in [5.74, 6) is -1.01. The van der Waals surface area contributed by atoms with Crippen LogP contribution >= 0.6 is 0 Å². The summed E-state index contributed by atoms with van der Waals surface area (Å²) < 4.78 is 0. The highest BCUT2D eigenvalue weighted by Gasteiger charge is 2.28. The zero-order valence-corrected chi connectivity index (χ0v) is 19.6. The summed E-state index contributed by atoms with van der Waals surface area (Å²) in [7, 11) is 0. The Balaban J connectivity index is 1.66. The van der Waals surface area contributed by atoms with Crippen LogP contribution in [0.2, 0.25) is 0 Å². The van der Waals surface area contributed by atoms with E-state index in [9.17, 15) is 19.5 Å². The van der Waals surface area contributed by atoms with Gasteiger partial charge in [-0.25, -0.2) is 0 Å². The Labute approximate surface area is 195 Å². The minimum atomic E-state index is -1.03. The molecule has 1 aromatic carbocycles. The quantitative estimate of drug-likeness (QED) is 0.430. The van der Waals surface area contributed by atoms with Gasteiger partial charge in [-0.2, -0.15) is 0 Å². The highest BCUT2D eigenvalue weighted by atomic mass is 16.4. The van der Waals surface area contributed by atoms with Crippen molar-refractivity contribution in [3.8, 4) is 0 Å². The predicted octanol–water partition coefficient (Wildman–Crippen LogP) is 4.73. The smallest absolute Gasteiger partial charge is 0.323 e. The molecule has 2 amide bonds. The first-order valence-electron chi connectivity index (χ1n) is 12.4. The Hall–Kier alpha value is -2.83. The molecular weight excluding hydrogens is 418 g/mol. The molecule has 3 rings (SSSR count). The van der Waals surface area contributed by atoms with Crippen molar-refractivity contribution in [2.75, 3.05) is 13.1 Å². The molecule has 2 aromatic rings. The Morgan fingerprint density at radius 3 is 2.61 bits per heavy atom. The molecule has 33 heavy (non-hydrogen) atoms. The number of rotatable bonds is 12. The number of carbonyl (C=O) groups is 3. The number of fused-ring (bicyclic) bond motifs is 1. The summed E-state index contributed by atoms with van der Waals surface area (Å²) in [6.45, 7) is 2.10. The van der Waals surface area contributed by atoms with E-state index in [0.29, 0.717) is 24.6 Å². The molecule has 0 saturated heterocycles. The number of benzene rings is 1. The topological polar surface area (TPSA) is 103 Å². The number of aromatic amines is 1. The van der Waals surface area contributed by atoms with Gasteiger partial charge in [0.2, 0.25) is 5.91 Å². The van der Waals surface area contributed by atoms with Crippen LogP contribution in [0.15, 0.2) is 30.3 Å². The van der Waals surface area contributed by atoms with Crippen LogP contribution in [0.5, 0.6) is 0 Å². The third kappa shape index (κ3) is 7.34. The van der Waals surface area contributed by atoms with E-state index in [1.165, 1.54) is 37.0 Å². The van der Waals surface area contributed by atoms with Gasteiger partial charge in [0.25, 0.3) is 5.91 Å². The number of nitrogens with one attached hydrogen (secondary N) is 2. The molecule has 1 aliphatic carbocycles. The van der Waals surface area contributed by atoms with Crippen LogP contribution in [-0.2, 0) is 9.59 Å². The maximum Gasteiger partial charge on any atom is 0.323 e. The van der Waals surface area contributed by atoms with Gasteiger partial charge < -0.3 is 20.3 Å². The highest BCUT2D eigenvalue weighted by Crippen LogP contribution is 2.27. The first kappa shape index (κ1) is 24.8. The van der Waals surface area contributed by atoms with Gasteiger partial charge in [-0.3, -0.25) is 14.4 Å². The number of hydrogen-bond donors (Lipinski definition) is 3. The largest absolute Gasteiger partial charge is 0.480 e. The normalized spacial score (nSPS) is 15.3. The fraction of sp³-hybridized carbons (Fsp3) is 0.577. The lowest BCUT2D eigenvalue weighted by atomic mass is 9.86. The summed E-state index contributed by atoms with van der Waals surface area (Å²) in [6, 6.07) is 8.65. The third-order valence-corrected chi connectivity index (χ3v) is 6.63. The molecule has 0 spiro atoms. The predicted molar refractivity (Wildman–Crippen MR) is 129 cm³/mol. The number of aromatic nitrogens is 1. The van der Waals surface area contributed by atoms with E-state index in [0.717, 1.165) is 36.6 Å². The fourth-order valence-corrected chi connectivity index (χ4v) is 4.79. The number of H-pyrrole nitrogens is 1. The minimum absolute atomic E-state index is 0.307. The standard InChI is InChI=1S/C26H37N3O4/c1-2-3-14-22(28-25(32)23-17-20-13-7-8-15-21(20)27-23)26(33)29(18-24(30)31)16-9-12-19-10-5-4-6-11-19/h7-8,13,15,17,19,22,27H,2-6,9-12,14,16,18H2,1H3,(H,28,32)(H,30,31)/t22-/m0/s1. The van der Waals surface area contributed by atoms with Crippen molar-refractivity contribution in [3.05, 3.63) is 36.0 Å². The van der Waals surface area contributed by atoms with Gasteiger partial charge in [-0.1, -0.05) is 70.1 Å². The SMILES string of the molecule is CCCC[C@H](NC(=O)c1cc2ccccc2[nH]1)C(=O)N(CCCC1CCCCC1)CC(=O)O. The van der Waals surface area contributed by atoms with E-state index < -0.39 is 12.0 Å². The summed E-state index contributed by atoms with van der Waals surface area (Å²) in [5.41, 5.74) is 1.25. The molecular formula is C26H37N3O4. The molecule has 0 unspecified atom stereocenters.